The van der Waals surface area contributed by atoms with Crippen LogP contribution in [0.25, 0.3) is 0 Å². The molecule has 20 heavy (non-hydrogen) atoms. The number of carbonyl (C=O) groups is 1. The average molecular weight is 317 g/mol. The van der Waals surface area contributed by atoms with E-state index >= 15 is 0 Å². The Kier molecular flexibility index (Phi) is 7.97. The molecule has 1 amide bonds. The van der Waals surface area contributed by atoms with Crippen molar-refractivity contribution in [2.24, 2.45) is 0 Å². The van der Waals surface area contributed by atoms with Gasteiger partial charge in [-0.3, -0.25) is 4.79 Å². The molecule has 1 rings (SSSR count). The van der Waals surface area contributed by atoms with E-state index in [1.54, 1.807) is 6.07 Å². The Balaban J connectivity index is 2.28. The topological polar surface area (TPSA) is 32.3 Å². The number of benzene rings is 1. The molecular weight excluding hydrogens is 295 g/mol. The lowest BCUT2D eigenvalue weighted by Crippen LogP contribution is -2.31. The van der Waals surface area contributed by atoms with Crippen LogP contribution < -0.4 is 5.32 Å². The van der Waals surface area contributed by atoms with Crippen LogP contribution in [0.2, 0.25) is 10.0 Å². The fourth-order valence-corrected chi connectivity index (χ4v) is 2.45. The van der Waals surface area contributed by atoms with Crippen molar-refractivity contribution in [1.29, 1.82) is 0 Å². The van der Waals surface area contributed by atoms with Crippen LogP contribution in [0.1, 0.15) is 25.8 Å². The predicted molar refractivity (Wildman–Crippen MR) is 85.6 cm³/mol. The first-order valence-electron chi connectivity index (χ1n) is 6.99. The molecule has 0 radical (unpaired) electrons. The molecule has 0 bridgehead atoms. The van der Waals surface area contributed by atoms with E-state index in [1.807, 2.05) is 12.1 Å². The highest BCUT2D eigenvalue weighted by Crippen LogP contribution is 2.20. The Morgan fingerprint density at radius 2 is 1.95 bits per heavy atom. The van der Waals surface area contributed by atoms with Gasteiger partial charge in [-0.05, 0) is 37.2 Å². The first-order chi connectivity index (χ1) is 9.56. The highest BCUT2D eigenvalue weighted by atomic mass is 35.5. The van der Waals surface area contributed by atoms with Crippen molar-refractivity contribution in [3.8, 4) is 0 Å². The minimum atomic E-state index is 0.0852. The minimum Gasteiger partial charge on any atom is -0.356 e. The Labute approximate surface area is 131 Å². The molecule has 5 heteroatoms. The van der Waals surface area contributed by atoms with Crippen LogP contribution in [0.15, 0.2) is 18.2 Å². The SMILES string of the molecule is CCN(CC)CCC(=O)NCCc1ccc(Cl)cc1Cl. The lowest BCUT2D eigenvalue weighted by molar-refractivity contribution is -0.121. The molecule has 1 aromatic rings. The Morgan fingerprint density at radius 3 is 2.55 bits per heavy atom. The molecule has 0 spiro atoms. The average Bonchev–Trinajstić information content (AvgIpc) is 2.42. The van der Waals surface area contributed by atoms with Crippen molar-refractivity contribution >= 4 is 29.1 Å². The second-order valence-electron chi connectivity index (χ2n) is 4.61. The molecule has 0 fully saturated rings. The molecule has 1 N–H and O–H groups in total. The van der Waals surface area contributed by atoms with Crippen molar-refractivity contribution in [2.45, 2.75) is 26.7 Å². The third kappa shape index (κ3) is 6.12. The van der Waals surface area contributed by atoms with Crippen molar-refractivity contribution < 1.29 is 4.79 Å². The molecule has 0 aliphatic carbocycles. The number of hydrogen-bond acceptors (Lipinski definition) is 2. The Morgan fingerprint density at radius 1 is 1.25 bits per heavy atom. The maximum atomic E-state index is 11.7. The molecule has 112 valence electrons. The van der Waals surface area contributed by atoms with Crippen LogP contribution in [0.4, 0.5) is 0 Å². The fourth-order valence-electron chi connectivity index (χ4n) is 1.95. The van der Waals surface area contributed by atoms with E-state index in [1.165, 1.54) is 0 Å². The molecule has 0 heterocycles. The zero-order valence-corrected chi connectivity index (χ0v) is 13.6. The summed E-state index contributed by atoms with van der Waals surface area (Å²) in [4.78, 5) is 13.9. The predicted octanol–water partition coefficient (Wildman–Crippen LogP) is 3.38. The first kappa shape index (κ1) is 17.3. The van der Waals surface area contributed by atoms with Gasteiger partial charge in [0.1, 0.15) is 0 Å². The summed E-state index contributed by atoms with van der Waals surface area (Å²) < 4.78 is 0. The summed E-state index contributed by atoms with van der Waals surface area (Å²) in [5, 5.41) is 4.19. The van der Waals surface area contributed by atoms with Gasteiger partial charge in [0.15, 0.2) is 0 Å². The third-order valence-corrected chi connectivity index (χ3v) is 3.87. The number of halogens is 2. The fraction of sp³-hybridized carbons (Fsp3) is 0.533. The van der Waals surface area contributed by atoms with E-state index in [2.05, 4.69) is 24.1 Å². The lowest BCUT2D eigenvalue weighted by Gasteiger charge is -2.17. The van der Waals surface area contributed by atoms with Crippen molar-refractivity contribution in [3.63, 3.8) is 0 Å². The summed E-state index contributed by atoms with van der Waals surface area (Å²) >= 11 is 11.9. The molecule has 0 aliphatic rings. The number of amides is 1. The van der Waals surface area contributed by atoms with E-state index in [4.69, 9.17) is 23.2 Å². The minimum absolute atomic E-state index is 0.0852. The number of carbonyl (C=O) groups excluding carboxylic acids is 1. The quantitative estimate of drug-likeness (QED) is 0.797. The monoisotopic (exact) mass is 316 g/mol. The molecule has 0 aliphatic heterocycles. The third-order valence-electron chi connectivity index (χ3n) is 3.28. The van der Waals surface area contributed by atoms with Crippen molar-refractivity contribution in [1.82, 2.24) is 10.2 Å². The molecule has 0 aromatic heterocycles. The van der Waals surface area contributed by atoms with Gasteiger partial charge >= 0.3 is 0 Å². The molecule has 1 aromatic carbocycles. The molecule has 0 atom stereocenters. The standard InChI is InChI=1S/C15H22Cl2N2O/c1-3-19(4-2)10-8-15(20)18-9-7-12-5-6-13(16)11-14(12)17/h5-6,11H,3-4,7-10H2,1-2H3,(H,18,20). The number of rotatable bonds is 8. The van der Waals surface area contributed by atoms with Crippen LogP contribution in [0.3, 0.4) is 0 Å². The second-order valence-corrected chi connectivity index (χ2v) is 5.46. The second kappa shape index (κ2) is 9.22. The van der Waals surface area contributed by atoms with Gasteiger partial charge < -0.3 is 10.2 Å². The zero-order chi connectivity index (χ0) is 15.0. The van der Waals surface area contributed by atoms with Crippen LogP contribution >= 0.6 is 23.2 Å². The summed E-state index contributed by atoms with van der Waals surface area (Å²) in [5.41, 5.74) is 1.00. The highest BCUT2D eigenvalue weighted by Gasteiger charge is 2.06. The molecule has 3 nitrogen and oxygen atoms in total. The smallest absolute Gasteiger partial charge is 0.221 e. The normalized spacial score (nSPS) is 10.8. The highest BCUT2D eigenvalue weighted by molar-refractivity contribution is 6.35. The van der Waals surface area contributed by atoms with Crippen molar-refractivity contribution in [3.05, 3.63) is 33.8 Å². The van der Waals surface area contributed by atoms with Gasteiger partial charge in [-0.25, -0.2) is 0 Å². The Hall–Kier alpha value is -0.770. The number of hydrogen-bond donors (Lipinski definition) is 1. The summed E-state index contributed by atoms with van der Waals surface area (Å²) in [6.45, 7) is 7.56. The van der Waals surface area contributed by atoms with E-state index in [0.29, 0.717) is 29.4 Å². The summed E-state index contributed by atoms with van der Waals surface area (Å²) in [7, 11) is 0. The lowest BCUT2D eigenvalue weighted by atomic mass is 10.1. The van der Waals surface area contributed by atoms with Gasteiger partial charge in [0, 0.05) is 29.6 Å². The van der Waals surface area contributed by atoms with Crippen LogP contribution in [-0.2, 0) is 11.2 Å². The molecular formula is C15H22Cl2N2O. The molecule has 0 saturated carbocycles. The Bertz CT molecular complexity index is 434. The molecule has 0 saturated heterocycles. The van der Waals surface area contributed by atoms with Gasteiger partial charge in [-0.1, -0.05) is 43.1 Å². The van der Waals surface area contributed by atoms with Gasteiger partial charge in [0.2, 0.25) is 5.91 Å². The van der Waals surface area contributed by atoms with Crippen LogP contribution in [0.5, 0.6) is 0 Å². The summed E-state index contributed by atoms with van der Waals surface area (Å²) in [5.74, 6) is 0.0852. The first-order valence-corrected chi connectivity index (χ1v) is 7.75. The van der Waals surface area contributed by atoms with Crippen molar-refractivity contribution in [2.75, 3.05) is 26.2 Å². The molecule has 0 unspecified atom stereocenters. The van der Waals surface area contributed by atoms with E-state index in [0.717, 1.165) is 25.2 Å². The van der Waals surface area contributed by atoms with Gasteiger partial charge in [0.25, 0.3) is 0 Å². The van der Waals surface area contributed by atoms with Gasteiger partial charge in [-0.15, -0.1) is 0 Å². The maximum Gasteiger partial charge on any atom is 0.221 e. The van der Waals surface area contributed by atoms with Crippen LogP contribution in [0, 0.1) is 0 Å². The van der Waals surface area contributed by atoms with E-state index < -0.39 is 0 Å². The van der Waals surface area contributed by atoms with Gasteiger partial charge in [-0.2, -0.15) is 0 Å². The maximum absolute atomic E-state index is 11.7. The van der Waals surface area contributed by atoms with E-state index in [-0.39, 0.29) is 5.91 Å². The largest absolute Gasteiger partial charge is 0.356 e. The van der Waals surface area contributed by atoms with E-state index in [9.17, 15) is 4.79 Å². The zero-order valence-electron chi connectivity index (χ0n) is 12.1. The number of nitrogens with one attached hydrogen (secondary N) is 1. The van der Waals surface area contributed by atoms with Crippen LogP contribution in [-0.4, -0.2) is 37.0 Å². The summed E-state index contributed by atoms with van der Waals surface area (Å²) in [6.07, 6.45) is 1.25. The summed E-state index contributed by atoms with van der Waals surface area (Å²) in [6, 6.07) is 5.43. The van der Waals surface area contributed by atoms with Gasteiger partial charge in [0.05, 0.1) is 0 Å². The number of nitrogens with zero attached hydrogens (tertiary/aromatic N) is 1.